The van der Waals surface area contributed by atoms with E-state index in [9.17, 15) is 4.79 Å². The lowest BCUT2D eigenvalue weighted by molar-refractivity contribution is -0.135. The molecule has 0 bridgehead atoms. The Bertz CT molecular complexity index is 907. The zero-order chi connectivity index (χ0) is 20.1. The van der Waals surface area contributed by atoms with E-state index in [1.165, 1.54) is 36.1 Å². The number of likely N-dealkylation sites (tertiary alicyclic amines) is 1. The first-order valence-electron chi connectivity index (χ1n) is 11.0. The van der Waals surface area contributed by atoms with Crippen molar-refractivity contribution < 1.29 is 4.79 Å². The number of nitrogens with one attached hydrogen (secondary N) is 1. The highest BCUT2D eigenvalue weighted by atomic mass is 16.2. The molecule has 152 valence electrons. The van der Waals surface area contributed by atoms with Crippen LogP contribution in [0.2, 0.25) is 0 Å². The quantitative estimate of drug-likeness (QED) is 0.866. The monoisotopic (exact) mass is 389 g/mol. The Hall–Kier alpha value is -2.33. The van der Waals surface area contributed by atoms with Crippen molar-refractivity contribution in [1.29, 1.82) is 0 Å². The minimum absolute atomic E-state index is 0.251. The Labute approximate surface area is 173 Å². The molecule has 3 aliphatic rings. The van der Waals surface area contributed by atoms with Crippen molar-refractivity contribution in [2.75, 3.05) is 25.5 Å². The molecule has 0 unspecified atom stereocenters. The van der Waals surface area contributed by atoms with E-state index in [1.807, 2.05) is 7.05 Å². The van der Waals surface area contributed by atoms with Gasteiger partial charge in [0.1, 0.15) is 0 Å². The average molecular weight is 390 g/mol. The highest BCUT2D eigenvalue weighted by molar-refractivity contribution is 5.98. The average Bonchev–Trinajstić information content (AvgIpc) is 3.15. The van der Waals surface area contributed by atoms with Gasteiger partial charge in [-0.25, -0.2) is 0 Å². The van der Waals surface area contributed by atoms with E-state index in [4.69, 9.17) is 0 Å². The Kier molecular flexibility index (Phi) is 4.43. The number of carbonyl (C=O) groups excluding carboxylic acids is 1. The van der Waals surface area contributed by atoms with E-state index < -0.39 is 5.66 Å². The molecule has 0 radical (unpaired) electrons. The molecule has 4 nitrogen and oxygen atoms in total. The van der Waals surface area contributed by atoms with Crippen LogP contribution in [0, 0.1) is 0 Å². The Balaban J connectivity index is 1.67. The smallest absolute Gasteiger partial charge is 0.264 e. The number of fused-ring (bicyclic) bond motifs is 3. The van der Waals surface area contributed by atoms with Crippen LogP contribution < -0.4 is 10.2 Å². The Morgan fingerprint density at radius 3 is 2.41 bits per heavy atom. The second-order valence-electron chi connectivity index (χ2n) is 9.01. The van der Waals surface area contributed by atoms with E-state index in [0.717, 1.165) is 25.8 Å². The largest absolute Gasteiger partial charge is 0.347 e. The van der Waals surface area contributed by atoms with Crippen LogP contribution in [0.5, 0.6) is 0 Å². The van der Waals surface area contributed by atoms with Gasteiger partial charge in [-0.3, -0.25) is 10.1 Å². The minimum Gasteiger partial charge on any atom is -0.347 e. The third-order valence-corrected chi connectivity index (χ3v) is 7.71. The van der Waals surface area contributed by atoms with Crippen molar-refractivity contribution >= 4 is 11.6 Å². The van der Waals surface area contributed by atoms with Gasteiger partial charge in [-0.15, -0.1) is 0 Å². The molecule has 1 amide bonds. The molecule has 0 aromatic heterocycles. The van der Waals surface area contributed by atoms with Gasteiger partial charge in [0.2, 0.25) is 0 Å². The molecule has 1 N–H and O–H groups in total. The highest BCUT2D eigenvalue weighted by Gasteiger charge is 2.70. The van der Waals surface area contributed by atoms with Gasteiger partial charge in [-0.2, -0.15) is 0 Å². The summed E-state index contributed by atoms with van der Waals surface area (Å²) in [6.07, 6.45) is 6.90. The Morgan fingerprint density at radius 2 is 1.69 bits per heavy atom. The van der Waals surface area contributed by atoms with Gasteiger partial charge in [0, 0.05) is 25.3 Å². The molecular formula is C25H31N3O. The number of nitrogens with zero attached hydrogens (tertiary/aromatic N) is 2. The SMILES string of the molecule is CN[C@@]12C(=O)N(C3CCCCC3)C[C@@]1(Cc1ccccc1)c1ccccc1N2C. The first kappa shape index (κ1) is 18.7. The first-order valence-corrected chi connectivity index (χ1v) is 11.0. The van der Waals surface area contributed by atoms with Crippen molar-refractivity contribution in [3.8, 4) is 0 Å². The molecule has 2 atom stereocenters. The standard InChI is InChI=1S/C25H31N3O/c1-26-25-23(29)28(20-13-7-4-8-14-20)18-24(25,17-19-11-5-3-6-12-19)21-15-9-10-16-22(21)27(25)2/h3,5-6,9-12,15-16,20,26H,4,7-8,13-14,17-18H2,1-2H3/t24-,25+/m0/s1. The van der Waals surface area contributed by atoms with E-state index in [-0.39, 0.29) is 11.3 Å². The maximum atomic E-state index is 14.1. The third kappa shape index (κ3) is 2.45. The maximum absolute atomic E-state index is 14.1. The number of carbonyl (C=O) groups is 1. The van der Waals surface area contributed by atoms with E-state index in [2.05, 4.69) is 76.8 Å². The lowest BCUT2D eigenvalue weighted by Gasteiger charge is -2.42. The molecule has 2 aromatic rings. The fraction of sp³-hybridized carbons (Fsp3) is 0.480. The van der Waals surface area contributed by atoms with Gasteiger partial charge in [0.25, 0.3) is 5.91 Å². The number of hydrogen-bond acceptors (Lipinski definition) is 3. The molecular weight excluding hydrogens is 358 g/mol. The first-order chi connectivity index (χ1) is 14.1. The van der Waals surface area contributed by atoms with Crippen LogP contribution in [0.25, 0.3) is 0 Å². The zero-order valence-corrected chi connectivity index (χ0v) is 17.5. The summed E-state index contributed by atoms with van der Waals surface area (Å²) in [5, 5.41) is 3.55. The van der Waals surface area contributed by atoms with Gasteiger partial charge < -0.3 is 9.80 Å². The fourth-order valence-electron chi connectivity index (χ4n) is 6.41. The van der Waals surface area contributed by atoms with Crippen LogP contribution >= 0.6 is 0 Å². The number of benzene rings is 2. The molecule has 2 heterocycles. The number of anilines is 1. The van der Waals surface area contributed by atoms with Gasteiger partial charge in [-0.05, 0) is 43.5 Å². The zero-order valence-electron chi connectivity index (χ0n) is 17.5. The van der Waals surface area contributed by atoms with Gasteiger partial charge in [0.15, 0.2) is 5.66 Å². The summed E-state index contributed by atoms with van der Waals surface area (Å²) in [6.45, 7) is 0.785. The highest BCUT2D eigenvalue weighted by Crippen LogP contribution is 2.56. The summed E-state index contributed by atoms with van der Waals surface area (Å²) in [5.41, 5.74) is 2.73. The van der Waals surface area contributed by atoms with Crippen molar-refractivity contribution in [2.24, 2.45) is 0 Å². The van der Waals surface area contributed by atoms with E-state index in [1.54, 1.807) is 0 Å². The minimum atomic E-state index is -0.732. The Morgan fingerprint density at radius 1 is 1.00 bits per heavy atom. The van der Waals surface area contributed by atoms with Gasteiger partial charge >= 0.3 is 0 Å². The molecule has 2 fully saturated rings. The normalized spacial score (nSPS) is 29.2. The summed E-state index contributed by atoms with van der Waals surface area (Å²) < 4.78 is 0. The molecule has 5 rings (SSSR count). The third-order valence-electron chi connectivity index (χ3n) is 7.71. The van der Waals surface area contributed by atoms with Crippen molar-refractivity contribution in [1.82, 2.24) is 10.2 Å². The van der Waals surface area contributed by atoms with Crippen molar-refractivity contribution in [2.45, 2.75) is 55.6 Å². The van der Waals surface area contributed by atoms with Crippen molar-refractivity contribution in [3.63, 3.8) is 0 Å². The summed E-state index contributed by atoms with van der Waals surface area (Å²) in [6, 6.07) is 19.7. The van der Waals surface area contributed by atoms with E-state index >= 15 is 0 Å². The van der Waals surface area contributed by atoms with Crippen molar-refractivity contribution in [3.05, 3.63) is 65.7 Å². The number of likely N-dealkylation sites (N-methyl/N-ethyl adjacent to an activating group) is 2. The fourth-order valence-corrected chi connectivity index (χ4v) is 6.41. The van der Waals surface area contributed by atoms with Crippen LogP contribution in [0.15, 0.2) is 54.6 Å². The van der Waals surface area contributed by atoms with Crippen LogP contribution in [-0.4, -0.2) is 43.2 Å². The lowest BCUT2D eigenvalue weighted by atomic mass is 9.70. The predicted octanol–water partition coefficient (Wildman–Crippen LogP) is 3.71. The maximum Gasteiger partial charge on any atom is 0.264 e. The molecule has 0 spiro atoms. The molecule has 1 saturated heterocycles. The second-order valence-corrected chi connectivity index (χ2v) is 9.01. The van der Waals surface area contributed by atoms with E-state index in [0.29, 0.717) is 6.04 Å². The number of para-hydroxylation sites is 1. The van der Waals surface area contributed by atoms with Gasteiger partial charge in [0.05, 0.1) is 5.41 Å². The van der Waals surface area contributed by atoms with Gasteiger partial charge in [-0.1, -0.05) is 67.8 Å². The summed E-state index contributed by atoms with van der Waals surface area (Å²) in [4.78, 5) is 18.6. The lowest BCUT2D eigenvalue weighted by Crippen LogP contribution is -2.68. The second kappa shape index (κ2) is 6.88. The van der Waals surface area contributed by atoms with Crippen LogP contribution in [0.1, 0.15) is 43.2 Å². The molecule has 29 heavy (non-hydrogen) atoms. The molecule has 1 saturated carbocycles. The predicted molar refractivity (Wildman–Crippen MR) is 117 cm³/mol. The molecule has 2 aliphatic heterocycles. The summed E-state index contributed by atoms with van der Waals surface area (Å²) >= 11 is 0. The topological polar surface area (TPSA) is 35.6 Å². The molecule has 4 heteroatoms. The van der Waals surface area contributed by atoms with Crippen LogP contribution in [0.4, 0.5) is 5.69 Å². The number of hydrogen-bond donors (Lipinski definition) is 1. The van der Waals surface area contributed by atoms with Crippen LogP contribution in [0.3, 0.4) is 0 Å². The molecule has 1 aliphatic carbocycles. The summed E-state index contributed by atoms with van der Waals surface area (Å²) in [7, 11) is 4.05. The number of rotatable bonds is 4. The molecule has 2 aromatic carbocycles. The van der Waals surface area contributed by atoms with Crippen LogP contribution in [-0.2, 0) is 16.6 Å². The number of amides is 1. The summed E-state index contributed by atoms with van der Waals surface area (Å²) in [5.74, 6) is 0.251.